The molecule has 0 radical (unpaired) electrons. The highest BCUT2D eigenvalue weighted by Crippen LogP contribution is 2.19. The van der Waals surface area contributed by atoms with E-state index in [1.165, 1.54) is 0 Å². The maximum atomic E-state index is 8.96. The van der Waals surface area contributed by atoms with E-state index in [4.69, 9.17) is 17.5 Å². The lowest BCUT2D eigenvalue weighted by Crippen LogP contribution is -2.50. The Hall–Kier alpha value is -1.36. The third kappa shape index (κ3) is 3.46. The van der Waals surface area contributed by atoms with Crippen molar-refractivity contribution in [1.29, 1.82) is 5.26 Å². The van der Waals surface area contributed by atoms with Crippen LogP contribution in [-0.4, -0.2) is 64.2 Å². The topological polar surface area (TPSA) is 46.4 Å². The molecule has 3 rings (SSSR count). The molecule has 2 aliphatic heterocycles. The number of rotatable bonds is 3. The van der Waals surface area contributed by atoms with Crippen LogP contribution in [0.2, 0.25) is 0 Å². The average Bonchev–Trinajstić information content (AvgIpc) is 2.93. The molecule has 0 N–H and O–H groups in total. The van der Waals surface area contributed by atoms with Crippen LogP contribution < -0.4 is 4.90 Å². The highest BCUT2D eigenvalue weighted by molar-refractivity contribution is 8.23. The molecule has 2 saturated heterocycles. The van der Waals surface area contributed by atoms with Gasteiger partial charge in [0.2, 0.25) is 0 Å². The van der Waals surface area contributed by atoms with Crippen molar-refractivity contribution in [2.75, 3.05) is 50.0 Å². The highest BCUT2D eigenvalue weighted by Gasteiger charge is 2.23. The van der Waals surface area contributed by atoms with Crippen molar-refractivity contribution in [2.24, 2.45) is 0 Å². The Kier molecular flexibility index (Phi) is 4.58. The van der Waals surface area contributed by atoms with Gasteiger partial charge in [0.25, 0.3) is 0 Å². The van der Waals surface area contributed by atoms with E-state index in [-0.39, 0.29) is 0 Å². The number of thioether (sulfide) groups is 1. The van der Waals surface area contributed by atoms with Crippen molar-refractivity contribution in [3.05, 3.63) is 23.9 Å². The molecule has 2 aliphatic rings. The van der Waals surface area contributed by atoms with Crippen LogP contribution in [0.4, 0.5) is 5.82 Å². The molecule has 2 fully saturated rings. The van der Waals surface area contributed by atoms with Crippen molar-refractivity contribution in [2.45, 2.75) is 0 Å². The summed E-state index contributed by atoms with van der Waals surface area (Å²) in [5, 5.41) is 8.96. The van der Waals surface area contributed by atoms with E-state index >= 15 is 0 Å². The zero-order chi connectivity index (χ0) is 14.7. The van der Waals surface area contributed by atoms with Gasteiger partial charge < -0.3 is 9.80 Å². The Morgan fingerprint density at radius 1 is 1.29 bits per heavy atom. The fourth-order valence-corrected chi connectivity index (χ4v) is 3.79. The van der Waals surface area contributed by atoms with E-state index in [0.29, 0.717) is 5.56 Å². The lowest BCUT2D eigenvalue weighted by molar-refractivity contribution is 0.187. The number of aromatic nitrogens is 1. The third-order valence-electron chi connectivity index (χ3n) is 3.79. The molecule has 0 bridgehead atoms. The Labute approximate surface area is 134 Å². The molecule has 1 aromatic heterocycles. The van der Waals surface area contributed by atoms with E-state index < -0.39 is 0 Å². The van der Waals surface area contributed by atoms with Gasteiger partial charge in [-0.25, -0.2) is 4.98 Å². The summed E-state index contributed by atoms with van der Waals surface area (Å²) < 4.78 is 1.03. The van der Waals surface area contributed by atoms with E-state index in [9.17, 15) is 0 Å². The van der Waals surface area contributed by atoms with Crippen molar-refractivity contribution in [1.82, 2.24) is 14.8 Å². The molecule has 3 heterocycles. The number of nitriles is 1. The molecule has 7 heteroatoms. The summed E-state index contributed by atoms with van der Waals surface area (Å²) in [4.78, 5) is 11.3. The monoisotopic (exact) mass is 319 g/mol. The predicted molar refractivity (Wildman–Crippen MR) is 89.4 cm³/mol. The molecular formula is C14H17N5S2. The van der Waals surface area contributed by atoms with E-state index in [1.807, 2.05) is 6.07 Å². The molecule has 0 amide bonds. The second kappa shape index (κ2) is 6.60. The maximum Gasteiger partial charge on any atom is 0.137 e. The summed E-state index contributed by atoms with van der Waals surface area (Å²) in [7, 11) is 0. The highest BCUT2D eigenvalue weighted by atomic mass is 32.2. The fourth-order valence-electron chi connectivity index (χ4n) is 2.57. The standard InChI is InChI=1S/C14H17N5S2/c15-10-12-1-2-16-13(9-12)18-5-3-17(4-6-18)11-19-7-8-21-14(19)20/h1-2,9H,3-8,11H2. The van der Waals surface area contributed by atoms with Crippen LogP contribution in [-0.2, 0) is 0 Å². The zero-order valence-corrected chi connectivity index (χ0v) is 13.4. The first-order chi connectivity index (χ1) is 10.3. The Bertz CT molecular complexity index is 563. The van der Waals surface area contributed by atoms with E-state index in [1.54, 1.807) is 24.0 Å². The van der Waals surface area contributed by atoms with Crippen LogP contribution in [0.25, 0.3) is 0 Å². The molecule has 0 atom stereocenters. The van der Waals surface area contributed by atoms with Crippen molar-refractivity contribution >= 4 is 34.1 Å². The van der Waals surface area contributed by atoms with Gasteiger partial charge in [-0.2, -0.15) is 5.26 Å². The quantitative estimate of drug-likeness (QED) is 0.780. The molecule has 1 aromatic rings. The van der Waals surface area contributed by atoms with Gasteiger partial charge in [0.05, 0.1) is 18.3 Å². The SMILES string of the molecule is N#Cc1ccnc(N2CCN(CN3CCSC3=S)CC2)c1. The van der Waals surface area contributed by atoms with E-state index in [0.717, 1.165) is 55.3 Å². The molecule has 0 unspecified atom stereocenters. The Morgan fingerprint density at radius 2 is 2.10 bits per heavy atom. The van der Waals surface area contributed by atoms with Crippen LogP contribution in [0.3, 0.4) is 0 Å². The predicted octanol–water partition coefficient (Wildman–Crippen LogP) is 1.37. The summed E-state index contributed by atoms with van der Waals surface area (Å²) >= 11 is 7.12. The number of hydrogen-bond acceptors (Lipinski definition) is 6. The second-order valence-corrected chi connectivity index (χ2v) is 6.87. The van der Waals surface area contributed by atoms with Crippen LogP contribution in [0.1, 0.15) is 5.56 Å². The number of anilines is 1. The largest absolute Gasteiger partial charge is 0.354 e. The summed E-state index contributed by atoms with van der Waals surface area (Å²) in [6.45, 7) is 5.89. The van der Waals surface area contributed by atoms with Gasteiger partial charge in [-0.05, 0) is 12.1 Å². The molecule has 0 saturated carbocycles. The van der Waals surface area contributed by atoms with Gasteiger partial charge in [-0.1, -0.05) is 24.0 Å². The summed E-state index contributed by atoms with van der Waals surface area (Å²) in [5.41, 5.74) is 0.668. The van der Waals surface area contributed by atoms with Gasteiger partial charge in [-0.15, -0.1) is 0 Å². The lowest BCUT2D eigenvalue weighted by atomic mass is 10.2. The molecule has 21 heavy (non-hydrogen) atoms. The minimum Gasteiger partial charge on any atom is -0.354 e. The first-order valence-corrected chi connectivity index (χ1v) is 8.41. The second-order valence-electron chi connectivity index (χ2n) is 5.14. The number of hydrogen-bond donors (Lipinski definition) is 0. The average molecular weight is 319 g/mol. The molecule has 0 aromatic carbocycles. The lowest BCUT2D eigenvalue weighted by Gasteiger charge is -2.37. The van der Waals surface area contributed by atoms with Gasteiger partial charge in [0.1, 0.15) is 10.1 Å². The van der Waals surface area contributed by atoms with Crippen LogP contribution in [0, 0.1) is 11.3 Å². The molecule has 5 nitrogen and oxygen atoms in total. The molecule has 0 spiro atoms. The van der Waals surface area contributed by atoms with Crippen LogP contribution in [0.5, 0.6) is 0 Å². The zero-order valence-electron chi connectivity index (χ0n) is 11.7. The van der Waals surface area contributed by atoms with Gasteiger partial charge in [0, 0.05) is 44.7 Å². The van der Waals surface area contributed by atoms with Crippen molar-refractivity contribution < 1.29 is 0 Å². The number of pyridine rings is 1. The fraction of sp³-hybridized carbons (Fsp3) is 0.500. The molecule has 110 valence electrons. The van der Waals surface area contributed by atoms with Crippen molar-refractivity contribution in [3.63, 3.8) is 0 Å². The number of thiocarbonyl (C=S) groups is 1. The summed E-state index contributed by atoms with van der Waals surface area (Å²) in [6, 6.07) is 5.77. The number of nitrogens with zero attached hydrogens (tertiary/aromatic N) is 5. The summed E-state index contributed by atoms with van der Waals surface area (Å²) in [6.07, 6.45) is 1.71. The van der Waals surface area contributed by atoms with Crippen LogP contribution >= 0.6 is 24.0 Å². The minimum absolute atomic E-state index is 0.668. The summed E-state index contributed by atoms with van der Waals surface area (Å²) in [5.74, 6) is 2.02. The number of piperazine rings is 1. The first-order valence-electron chi connectivity index (χ1n) is 7.01. The van der Waals surface area contributed by atoms with Gasteiger partial charge in [-0.3, -0.25) is 4.90 Å². The van der Waals surface area contributed by atoms with Gasteiger partial charge >= 0.3 is 0 Å². The van der Waals surface area contributed by atoms with Crippen LogP contribution in [0.15, 0.2) is 18.3 Å². The minimum atomic E-state index is 0.668. The Balaban J connectivity index is 1.55. The molecular weight excluding hydrogens is 302 g/mol. The first kappa shape index (κ1) is 14.6. The normalized spacial score (nSPS) is 19.9. The Morgan fingerprint density at radius 3 is 2.76 bits per heavy atom. The van der Waals surface area contributed by atoms with E-state index in [2.05, 4.69) is 25.8 Å². The third-order valence-corrected chi connectivity index (χ3v) is 5.29. The van der Waals surface area contributed by atoms with Crippen molar-refractivity contribution in [3.8, 4) is 6.07 Å². The smallest absolute Gasteiger partial charge is 0.137 e. The maximum absolute atomic E-state index is 8.96. The molecule has 0 aliphatic carbocycles. The van der Waals surface area contributed by atoms with Gasteiger partial charge in [0.15, 0.2) is 0 Å².